The van der Waals surface area contributed by atoms with E-state index in [9.17, 15) is 0 Å². The summed E-state index contributed by atoms with van der Waals surface area (Å²) in [6.07, 6.45) is 12.2. The zero-order valence-corrected chi connectivity index (χ0v) is 14.4. The van der Waals surface area contributed by atoms with Gasteiger partial charge in [0.15, 0.2) is 0 Å². The predicted octanol–water partition coefficient (Wildman–Crippen LogP) is 4.58. The molecule has 2 rings (SSSR count). The highest BCUT2D eigenvalue weighted by Crippen LogP contribution is 2.16. The first kappa shape index (κ1) is 18.9. The van der Waals surface area contributed by atoms with Gasteiger partial charge in [-0.2, -0.15) is 0 Å². The highest BCUT2D eigenvalue weighted by molar-refractivity contribution is 4.71. The van der Waals surface area contributed by atoms with Crippen LogP contribution in [0, 0.1) is 5.92 Å². The lowest BCUT2D eigenvalue weighted by molar-refractivity contribution is 0.102. The molecule has 0 aromatic heterocycles. The first-order chi connectivity index (χ1) is 10.3. The molecule has 126 valence electrons. The normalized spacial score (nSPS) is 24.1. The van der Waals surface area contributed by atoms with Crippen LogP contribution in [0.4, 0.5) is 0 Å². The fraction of sp³-hybridized carbons (Fsp3) is 1.00. The molecule has 0 spiro atoms. The van der Waals surface area contributed by atoms with Crippen LogP contribution in [0.1, 0.15) is 72.1 Å². The van der Waals surface area contributed by atoms with Gasteiger partial charge in [0.25, 0.3) is 0 Å². The van der Waals surface area contributed by atoms with E-state index in [0.717, 1.165) is 32.3 Å². The second-order valence-corrected chi connectivity index (χ2v) is 6.54. The molecule has 0 aromatic rings. The molecule has 2 heterocycles. The zero-order valence-electron chi connectivity index (χ0n) is 14.4. The third kappa shape index (κ3) is 13.3. The van der Waals surface area contributed by atoms with Crippen LogP contribution in [0.3, 0.4) is 0 Å². The third-order valence-electron chi connectivity index (χ3n) is 4.01. The molecule has 2 fully saturated rings. The fourth-order valence-corrected chi connectivity index (χ4v) is 2.28. The highest BCUT2D eigenvalue weighted by atomic mass is 16.6. The number of epoxide rings is 2. The Hall–Kier alpha value is -0.120. The summed E-state index contributed by atoms with van der Waals surface area (Å²) in [5, 5.41) is 0. The molecule has 0 aliphatic carbocycles. The molecule has 3 heteroatoms. The second kappa shape index (κ2) is 12.4. The highest BCUT2D eigenvalue weighted by Gasteiger charge is 2.26. The van der Waals surface area contributed by atoms with Crippen molar-refractivity contribution in [2.24, 2.45) is 5.92 Å². The standard InChI is InChI=1S/C12H26.C6H10O3/c1-4-6-8-9-11-12(3)10-7-5-2;1(5-3-8-5)7-2-6-4-9-6/h12H,4-11H2,1-3H3;5-6H,1-4H2. The third-order valence-corrected chi connectivity index (χ3v) is 4.01. The minimum absolute atomic E-state index is 0.392. The maximum atomic E-state index is 5.23. The molecule has 3 unspecified atom stereocenters. The lowest BCUT2D eigenvalue weighted by Gasteiger charge is -2.09. The molecule has 0 N–H and O–H groups in total. The molecule has 0 amide bonds. The SMILES string of the molecule is C(OCC1CO1)C1CO1.CCCCCCC(C)CCCC. The van der Waals surface area contributed by atoms with E-state index in [1.165, 1.54) is 51.4 Å². The average molecular weight is 300 g/mol. The summed E-state index contributed by atoms with van der Waals surface area (Å²) >= 11 is 0. The first-order valence-corrected chi connectivity index (χ1v) is 9.07. The van der Waals surface area contributed by atoms with Crippen molar-refractivity contribution < 1.29 is 14.2 Å². The minimum atomic E-state index is 0.392. The fourth-order valence-electron chi connectivity index (χ4n) is 2.28. The van der Waals surface area contributed by atoms with Crippen LogP contribution in [-0.2, 0) is 14.2 Å². The Kier molecular flexibility index (Phi) is 11.2. The molecule has 0 bridgehead atoms. The molecular weight excluding hydrogens is 264 g/mol. The van der Waals surface area contributed by atoms with Crippen molar-refractivity contribution in [3.8, 4) is 0 Å². The van der Waals surface area contributed by atoms with Crippen LogP contribution < -0.4 is 0 Å². The van der Waals surface area contributed by atoms with Gasteiger partial charge in [0.05, 0.1) is 26.4 Å². The monoisotopic (exact) mass is 300 g/mol. The lowest BCUT2D eigenvalue weighted by Crippen LogP contribution is -2.06. The van der Waals surface area contributed by atoms with Crippen LogP contribution in [0.15, 0.2) is 0 Å². The zero-order chi connectivity index (χ0) is 15.3. The molecule has 0 aromatic carbocycles. The summed E-state index contributed by atoms with van der Waals surface area (Å²) in [6.45, 7) is 10.2. The van der Waals surface area contributed by atoms with Crippen molar-refractivity contribution in [3.63, 3.8) is 0 Å². The van der Waals surface area contributed by atoms with Gasteiger partial charge < -0.3 is 14.2 Å². The summed E-state index contributed by atoms with van der Waals surface area (Å²) in [4.78, 5) is 0. The van der Waals surface area contributed by atoms with E-state index >= 15 is 0 Å². The molecule has 3 atom stereocenters. The molecule has 2 aliphatic rings. The largest absolute Gasteiger partial charge is 0.376 e. The van der Waals surface area contributed by atoms with E-state index in [4.69, 9.17) is 14.2 Å². The van der Waals surface area contributed by atoms with Crippen LogP contribution in [0.2, 0.25) is 0 Å². The van der Waals surface area contributed by atoms with Crippen molar-refractivity contribution >= 4 is 0 Å². The number of rotatable bonds is 12. The van der Waals surface area contributed by atoms with Crippen molar-refractivity contribution in [1.82, 2.24) is 0 Å². The van der Waals surface area contributed by atoms with Crippen molar-refractivity contribution in [2.45, 2.75) is 84.3 Å². The van der Waals surface area contributed by atoms with Gasteiger partial charge in [-0.05, 0) is 5.92 Å². The lowest BCUT2D eigenvalue weighted by atomic mass is 9.97. The van der Waals surface area contributed by atoms with Crippen molar-refractivity contribution in [1.29, 1.82) is 0 Å². The quantitative estimate of drug-likeness (QED) is 0.391. The topological polar surface area (TPSA) is 34.3 Å². The molecule has 2 aliphatic heterocycles. The van der Waals surface area contributed by atoms with E-state index < -0.39 is 0 Å². The minimum Gasteiger partial charge on any atom is -0.376 e. The summed E-state index contributed by atoms with van der Waals surface area (Å²) in [7, 11) is 0. The van der Waals surface area contributed by atoms with E-state index in [-0.39, 0.29) is 0 Å². The smallest absolute Gasteiger partial charge is 0.104 e. The van der Waals surface area contributed by atoms with Gasteiger partial charge in [-0.1, -0.05) is 72.1 Å². The van der Waals surface area contributed by atoms with Crippen molar-refractivity contribution in [3.05, 3.63) is 0 Å². The van der Waals surface area contributed by atoms with Gasteiger partial charge in [0, 0.05) is 0 Å². The number of hydrogen-bond donors (Lipinski definition) is 0. The summed E-state index contributed by atoms with van der Waals surface area (Å²) in [5.74, 6) is 0.974. The van der Waals surface area contributed by atoms with Crippen LogP contribution >= 0.6 is 0 Å². The van der Waals surface area contributed by atoms with E-state index in [2.05, 4.69) is 20.8 Å². The van der Waals surface area contributed by atoms with E-state index in [0.29, 0.717) is 12.2 Å². The van der Waals surface area contributed by atoms with Crippen LogP contribution in [0.5, 0.6) is 0 Å². The molecule has 3 nitrogen and oxygen atoms in total. The van der Waals surface area contributed by atoms with Crippen molar-refractivity contribution in [2.75, 3.05) is 26.4 Å². The molecule has 0 radical (unpaired) electrons. The summed E-state index contributed by atoms with van der Waals surface area (Å²) in [5.41, 5.74) is 0. The summed E-state index contributed by atoms with van der Waals surface area (Å²) in [6, 6.07) is 0. The number of unbranched alkanes of at least 4 members (excludes halogenated alkanes) is 4. The molecule has 0 saturated carbocycles. The predicted molar refractivity (Wildman–Crippen MR) is 87.7 cm³/mol. The van der Waals surface area contributed by atoms with Gasteiger partial charge in [0.2, 0.25) is 0 Å². The van der Waals surface area contributed by atoms with Crippen LogP contribution in [0.25, 0.3) is 0 Å². The Bertz CT molecular complexity index is 213. The van der Waals surface area contributed by atoms with Gasteiger partial charge in [-0.3, -0.25) is 0 Å². The maximum Gasteiger partial charge on any atom is 0.104 e. The Labute approximate surface area is 131 Å². The summed E-state index contributed by atoms with van der Waals surface area (Å²) < 4.78 is 15.1. The molecule has 2 saturated heterocycles. The Morgan fingerprint density at radius 3 is 1.86 bits per heavy atom. The average Bonchev–Trinajstić information content (AvgIpc) is 3.36. The Morgan fingerprint density at radius 2 is 1.38 bits per heavy atom. The van der Waals surface area contributed by atoms with Gasteiger partial charge in [-0.25, -0.2) is 0 Å². The molecular formula is C18H36O3. The van der Waals surface area contributed by atoms with E-state index in [1.54, 1.807) is 0 Å². The first-order valence-electron chi connectivity index (χ1n) is 9.07. The van der Waals surface area contributed by atoms with E-state index in [1.807, 2.05) is 0 Å². The van der Waals surface area contributed by atoms with Crippen LogP contribution in [-0.4, -0.2) is 38.6 Å². The molecule has 21 heavy (non-hydrogen) atoms. The second-order valence-electron chi connectivity index (χ2n) is 6.54. The van der Waals surface area contributed by atoms with Gasteiger partial charge in [-0.15, -0.1) is 0 Å². The maximum absolute atomic E-state index is 5.23. The Morgan fingerprint density at radius 1 is 0.857 bits per heavy atom. The number of hydrogen-bond acceptors (Lipinski definition) is 3. The Balaban J connectivity index is 0.000000216. The van der Waals surface area contributed by atoms with Gasteiger partial charge >= 0.3 is 0 Å². The van der Waals surface area contributed by atoms with Gasteiger partial charge in [0.1, 0.15) is 12.2 Å². The number of ether oxygens (including phenoxy) is 3.